The second-order valence-electron chi connectivity index (χ2n) is 32.0. The van der Waals surface area contributed by atoms with Gasteiger partial charge in [0.25, 0.3) is 0 Å². The number of carbonyl (C=O) groups is 4. The Hall–Kier alpha value is -1.94. The van der Waals surface area contributed by atoms with Crippen molar-refractivity contribution in [1.82, 2.24) is 0 Å². The van der Waals surface area contributed by atoms with Crippen LogP contribution in [0.4, 0.5) is 0 Å². The fourth-order valence-corrected chi connectivity index (χ4v) is 14.8. The maximum Gasteiger partial charge on any atom is 0.472 e. The molecule has 0 aromatic carbocycles. The molecule has 618 valence electrons. The van der Waals surface area contributed by atoms with Crippen LogP contribution in [0.2, 0.25) is 0 Å². The van der Waals surface area contributed by atoms with E-state index in [4.69, 9.17) is 37.0 Å². The van der Waals surface area contributed by atoms with Crippen molar-refractivity contribution in [1.29, 1.82) is 0 Å². The smallest absolute Gasteiger partial charge is 0.462 e. The Morgan fingerprint density at radius 2 is 0.442 bits per heavy atom. The van der Waals surface area contributed by atoms with Gasteiger partial charge in [-0.25, -0.2) is 9.13 Å². The summed E-state index contributed by atoms with van der Waals surface area (Å²) in [6.07, 6.45) is 65.4. The summed E-state index contributed by atoms with van der Waals surface area (Å²) in [7, 11) is -9.93. The van der Waals surface area contributed by atoms with E-state index in [-0.39, 0.29) is 25.7 Å². The number of aliphatic hydroxyl groups is 1. The van der Waals surface area contributed by atoms with Gasteiger partial charge in [-0.1, -0.05) is 395 Å². The topological polar surface area (TPSA) is 237 Å². The maximum atomic E-state index is 13.1. The van der Waals surface area contributed by atoms with Crippen molar-refractivity contribution in [3.63, 3.8) is 0 Å². The van der Waals surface area contributed by atoms with Gasteiger partial charge >= 0.3 is 39.5 Å². The molecule has 0 aliphatic carbocycles. The van der Waals surface area contributed by atoms with Gasteiger partial charge in [0.1, 0.15) is 19.3 Å². The number of hydrogen-bond donors (Lipinski definition) is 3. The summed E-state index contributed by atoms with van der Waals surface area (Å²) < 4.78 is 68.9. The normalized spacial score (nSPS) is 13.9. The monoisotopic (exact) mass is 1520 g/mol. The van der Waals surface area contributed by atoms with Crippen LogP contribution in [0.15, 0.2) is 0 Å². The molecule has 0 heterocycles. The highest BCUT2D eigenvalue weighted by Gasteiger charge is 2.30. The molecule has 0 saturated heterocycles. The van der Waals surface area contributed by atoms with Crippen molar-refractivity contribution in [2.45, 2.75) is 465 Å². The molecule has 0 aromatic rings. The summed E-state index contributed by atoms with van der Waals surface area (Å²) in [6, 6.07) is 0. The first-order valence-electron chi connectivity index (χ1n) is 43.8. The van der Waals surface area contributed by atoms with Crippen LogP contribution in [0.3, 0.4) is 0 Å². The molecule has 0 spiro atoms. The van der Waals surface area contributed by atoms with E-state index in [2.05, 4.69) is 48.5 Å². The standard InChI is InChI=1S/C85H166O17P2/c1-8-9-10-11-12-13-14-15-16-17-18-19-20-21-22-23-28-31-39-47-54-61-68-84(89)101-80(72-95-82(87)66-59-52-45-38-30-27-25-24-26-29-35-42-49-56-63-76(2)3)74-99-103(91,92)97-70-79(86)71-98-104(93,94)100-75-81(73-96-83(88)67-60-53-46-41-34-37-44-51-58-65-78(6)7)102-85(90)69-62-55-48-40-33-32-36-43-50-57-64-77(4)5/h76-81,86H,8-75H2,1-7H3,(H,91,92)(H,93,94)/t79-,80-,81-/m1/s1. The zero-order valence-corrected chi connectivity index (χ0v) is 70.3. The van der Waals surface area contributed by atoms with Crippen LogP contribution in [-0.2, 0) is 65.4 Å². The van der Waals surface area contributed by atoms with Crippen LogP contribution in [0, 0.1) is 17.8 Å². The number of ether oxygens (including phenoxy) is 4. The van der Waals surface area contributed by atoms with Gasteiger partial charge in [-0.05, 0) is 43.4 Å². The number of carbonyl (C=O) groups excluding carboxylic acids is 4. The number of hydrogen-bond acceptors (Lipinski definition) is 15. The van der Waals surface area contributed by atoms with Crippen molar-refractivity contribution in [3.05, 3.63) is 0 Å². The highest BCUT2D eigenvalue weighted by Crippen LogP contribution is 2.45. The van der Waals surface area contributed by atoms with Crippen LogP contribution in [0.5, 0.6) is 0 Å². The van der Waals surface area contributed by atoms with Crippen molar-refractivity contribution in [3.8, 4) is 0 Å². The number of phosphoric ester groups is 2. The summed E-state index contributed by atoms with van der Waals surface area (Å²) >= 11 is 0. The Balaban J connectivity index is 5.23. The SMILES string of the molecule is CCCCCCCCCCCCCCCCCCCCCCCCC(=O)O[C@H](COC(=O)CCCCCCCCCCCCCCCCC(C)C)COP(=O)(O)OC[C@@H](O)COP(=O)(O)OC[C@@H](COC(=O)CCCCCCCCCCCC(C)C)OC(=O)CCCCCCCCCCCCC(C)C. The Bertz CT molecular complexity index is 2010. The second-order valence-corrected chi connectivity index (χ2v) is 34.9. The molecule has 19 heteroatoms. The Labute approximate surface area is 638 Å². The minimum absolute atomic E-state index is 0.106. The number of rotatable bonds is 83. The van der Waals surface area contributed by atoms with E-state index in [0.717, 1.165) is 108 Å². The van der Waals surface area contributed by atoms with E-state index in [1.54, 1.807) is 0 Å². The lowest BCUT2D eigenvalue weighted by Gasteiger charge is -2.21. The van der Waals surface area contributed by atoms with Gasteiger partial charge in [0, 0.05) is 25.7 Å². The maximum absolute atomic E-state index is 13.1. The lowest BCUT2D eigenvalue weighted by atomic mass is 10.0. The van der Waals surface area contributed by atoms with Gasteiger partial charge in [0.2, 0.25) is 0 Å². The minimum Gasteiger partial charge on any atom is -0.462 e. The largest absolute Gasteiger partial charge is 0.472 e. The van der Waals surface area contributed by atoms with Crippen molar-refractivity contribution >= 4 is 39.5 Å². The third-order valence-corrected chi connectivity index (χ3v) is 21.8. The summed E-state index contributed by atoms with van der Waals surface area (Å²) in [5.41, 5.74) is 0. The molecule has 104 heavy (non-hydrogen) atoms. The first kappa shape index (κ1) is 102. The Morgan fingerprint density at radius 3 is 0.654 bits per heavy atom. The van der Waals surface area contributed by atoms with Gasteiger partial charge in [0.15, 0.2) is 12.2 Å². The quantitative estimate of drug-likeness (QED) is 0.0222. The predicted molar refractivity (Wildman–Crippen MR) is 428 cm³/mol. The molecule has 0 bridgehead atoms. The fraction of sp³-hybridized carbons (Fsp3) is 0.953. The van der Waals surface area contributed by atoms with Gasteiger partial charge in [0.05, 0.1) is 26.4 Å². The predicted octanol–water partition coefficient (Wildman–Crippen LogP) is 25.7. The fourth-order valence-electron chi connectivity index (χ4n) is 13.2. The molecule has 0 fully saturated rings. The average molecular weight is 1520 g/mol. The van der Waals surface area contributed by atoms with E-state index in [9.17, 15) is 43.2 Å². The van der Waals surface area contributed by atoms with Crippen molar-refractivity contribution in [2.24, 2.45) is 17.8 Å². The number of esters is 4. The molecule has 5 atom stereocenters. The highest BCUT2D eigenvalue weighted by molar-refractivity contribution is 7.47. The number of phosphoric acid groups is 2. The van der Waals surface area contributed by atoms with Gasteiger partial charge in [-0.2, -0.15) is 0 Å². The average Bonchev–Trinajstić information content (AvgIpc) is 0.907. The Morgan fingerprint density at radius 1 is 0.260 bits per heavy atom. The number of unbranched alkanes of at least 4 members (excludes halogenated alkanes) is 51. The first-order chi connectivity index (χ1) is 50.2. The summed E-state index contributed by atoms with van der Waals surface area (Å²) in [6.45, 7) is 12.0. The molecule has 0 radical (unpaired) electrons. The van der Waals surface area contributed by atoms with Crippen LogP contribution < -0.4 is 0 Å². The molecule has 0 aliphatic rings. The molecular weight excluding hydrogens is 1350 g/mol. The van der Waals surface area contributed by atoms with Crippen molar-refractivity contribution < 1.29 is 80.2 Å². The molecular formula is C85H166O17P2. The van der Waals surface area contributed by atoms with Gasteiger partial charge in [-0.15, -0.1) is 0 Å². The second kappa shape index (κ2) is 75.1. The first-order valence-corrected chi connectivity index (χ1v) is 46.8. The summed E-state index contributed by atoms with van der Waals surface area (Å²) in [4.78, 5) is 73.2. The summed E-state index contributed by atoms with van der Waals surface area (Å²) in [5, 5.41) is 10.7. The number of aliphatic hydroxyl groups excluding tert-OH is 1. The van der Waals surface area contributed by atoms with E-state index in [1.165, 1.54) is 257 Å². The lowest BCUT2D eigenvalue weighted by molar-refractivity contribution is -0.161. The third-order valence-electron chi connectivity index (χ3n) is 19.9. The van der Waals surface area contributed by atoms with Crippen LogP contribution in [-0.4, -0.2) is 96.7 Å². The zero-order valence-electron chi connectivity index (χ0n) is 68.5. The van der Waals surface area contributed by atoms with Gasteiger partial charge < -0.3 is 33.8 Å². The van der Waals surface area contributed by atoms with Crippen LogP contribution in [0.1, 0.15) is 447 Å². The molecule has 2 unspecified atom stereocenters. The molecule has 0 amide bonds. The molecule has 0 aliphatic heterocycles. The molecule has 0 rings (SSSR count). The third kappa shape index (κ3) is 78.2. The van der Waals surface area contributed by atoms with E-state index in [1.807, 2.05) is 0 Å². The van der Waals surface area contributed by atoms with E-state index >= 15 is 0 Å². The zero-order chi connectivity index (χ0) is 76.5. The van der Waals surface area contributed by atoms with Gasteiger partial charge in [-0.3, -0.25) is 37.3 Å². The molecule has 3 N–H and O–H groups in total. The Kier molecular flexibility index (Phi) is 73.7. The van der Waals surface area contributed by atoms with E-state index < -0.39 is 97.5 Å². The minimum atomic E-state index is -4.97. The van der Waals surface area contributed by atoms with Crippen LogP contribution >= 0.6 is 15.6 Å². The van der Waals surface area contributed by atoms with E-state index in [0.29, 0.717) is 25.7 Å². The highest BCUT2D eigenvalue weighted by atomic mass is 31.2. The molecule has 0 aromatic heterocycles. The van der Waals surface area contributed by atoms with Crippen LogP contribution in [0.25, 0.3) is 0 Å². The van der Waals surface area contributed by atoms with Crippen molar-refractivity contribution in [2.75, 3.05) is 39.6 Å². The molecule has 17 nitrogen and oxygen atoms in total. The lowest BCUT2D eigenvalue weighted by Crippen LogP contribution is -2.30. The molecule has 0 saturated carbocycles. The summed E-state index contributed by atoms with van der Waals surface area (Å²) in [5.74, 6) is 0.187.